The highest BCUT2D eigenvalue weighted by molar-refractivity contribution is 6.30. The Morgan fingerprint density at radius 2 is 2.06 bits per heavy atom. The molecule has 0 fully saturated rings. The van der Waals surface area contributed by atoms with Crippen molar-refractivity contribution in [1.29, 1.82) is 0 Å². The summed E-state index contributed by atoms with van der Waals surface area (Å²) in [6.07, 6.45) is 0. The van der Waals surface area contributed by atoms with Crippen molar-refractivity contribution in [2.75, 3.05) is 11.9 Å². The molecular formula is C14H20ClN. The van der Waals surface area contributed by atoms with Crippen LogP contribution >= 0.6 is 11.6 Å². The predicted molar refractivity (Wildman–Crippen MR) is 71.3 cm³/mol. The first-order valence-corrected chi connectivity index (χ1v) is 6.30. The Morgan fingerprint density at radius 1 is 1.38 bits per heavy atom. The molecule has 0 spiro atoms. The van der Waals surface area contributed by atoms with E-state index in [0.29, 0.717) is 17.3 Å². The SMILES string of the molecule is CC(C1CNc2ccc(Cl)cc21)C(C)(C)C. The van der Waals surface area contributed by atoms with Crippen LogP contribution in [0.4, 0.5) is 5.69 Å². The van der Waals surface area contributed by atoms with Crippen molar-refractivity contribution in [3.8, 4) is 0 Å². The van der Waals surface area contributed by atoms with E-state index in [-0.39, 0.29) is 0 Å². The first-order chi connectivity index (χ1) is 7.39. The minimum Gasteiger partial charge on any atom is -0.384 e. The van der Waals surface area contributed by atoms with Crippen LogP contribution in [0, 0.1) is 11.3 Å². The van der Waals surface area contributed by atoms with E-state index in [1.165, 1.54) is 11.3 Å². The predicted octanol–water partition coefficient (Wildman–Crippen LogP) is 4.53. The summed E-state index contributed by atoms with van der Waals surface area (Å²) in [4.78, 5) is 0. The average Bonchev–Trinajstić information content (AvgIpc) is 2.57. The molecule has 1 nitrogen and oxygen atoms in total. The van der Waals surface area contributed by atoms with Crippen LogP contribution in [-0.2, 0) is 0 Å². The van der Waals surface area contributed by atoms with Crippen molar-refractivity contribution in [2.24, 2.45) is 11.3 Å². The Balaban J connectivity index is 2.33. The highest BCUT2D eigenvalue weighted by Gasteiger charge is 2.33. The molecule has 1 N–H and O–H groups in total. The van der Waals surface area contributed by atoms with Crippen LogP contribution in [0.25, 0.3) is 0 Å². The number of hydrogen-bond donors (Lipinski definition) is 1. The molecule has 2 atom stereocenters. The van der Waals surface area contributed by atoms with Crippen molar-refractivity contribution in [1.82, 2.24) is 0 Å². The second-order valence-electron chi connectivity index (χ2n) is 5.87. The van der Waals surface area contributed by atoms with Gasteiger partial charge in [0, 0.05) is 23.2 Å². The van der Waals surface area contributed by atoms with Crippen molar-refractivity contribution in [3.05, 3.63) is 28.8 Å². The Kier molecular flexibility index (Phi) is 2.91. The zero-order chi connectivity index (χ0) is 11.9. The van der Waals surface area contributed by atoms with Gasteiger partial charge in [0.25, 0.3) is 0 Å². The first kappa shape index (κ1) is 11.8. The van der Waals surface area contributed by atoms with Crippen LogP contribution in [0.1, 0.15) is 39.2 Å². The summed E-state index contributed by atoms with van der Waals surface area (Å²) >= 11 is 6.08. The molecule has 1 aliphatic heterocycles. The minimum atomic E-state index is 0.330. The van der Waals surface area contributed by atoms with Crippen molar-refractivity contribution in [2.45, 2.75) is 33.6 Å². The number of nitrogens with one attached hydrogen (secondary N) is 1. The molecule has 2 heteroatoms. The van der Waals surface area contributed by atoms with E-state index in [2.05, 4.69) is 45.1 Å². The van der Waals surface area contributed by atoms with E-state index < -0.39 is 0 Å². The highest BCUT2D eigenvalue weighted by atomic mass is 35.5. The molecule has 0 aliphatic carbocycles. The maximum atomic E-state index is 6.08. The third kappa shape index (κ3) is 2.06. The lowest BCUT2D eigenvalue weighted by atomic mass is 9.72. The highest BCUT2D eigenvalue weighted by Crippen LogP contribution is 2.43. The molecule has 0 bridgehead atoms. The fourth-order valence-electron chi connectivity index (χ4n) is 2.38. The second-order valence-corrected chi connectivity index (χ2v) is 6.31. The fourth-order valence-corrected chi connectivity index (χ4v) is 2.56. The van der Waals surface area contributed by atoms with Gasteiger partial charge in [-0.15, -0.1) is 0 Å². The maximum Gasteiger partial charge on any atom is 0.0410 e. The Morgan fingerprint density at radius 3 is 2.69 bits per heavy atom. The van der Waals surface area contributed by atoms with Crippen LogP contribution < -0.4 is 5.32 Å². The molecule has 88 valence electrons. The number of benzene rings is 1. The van der Waals surface area contributed by atoms with Gasteiger partial charge in [-0.3, -0.25) is 0 Å². The number of fused-ring (bicyclic) bond motifs is 1. The molecule has 1 heterocycles. The molecule has 1 aliphatic rings. The Bertz CT molecular complexity index is 392. The van der Waals surface area contributed by atoms with Gasteiger partial charge in [0.05, 0.1) is 0 Å². The average molecular weight is 238 g/mol. The molecule has 16 heavy (non-hydrogen) atoms. The molecule has 0 saturated heterocycles. The van der Waals surface area contributed by atoms with Gasteiger partial charge in [0.2, 0.25) is 0 Å². The number of anilines is 1. The third-order valence-corrected chi connectivity index (χ3v) is 4.13. The van der Waals surface area contributed by atoms with Crippen LogP contribution in [0.5, 0.6) is 0 Å². The summed E-state index contributed by atoms with van der Waals surface area (Å²) in [7, 11) is 0. The number of halogens is 1. The van der Waals surface area contributed by atoms with Crippen molar-refractivity contribution >= 4 is 17.3 Å². The van der Waals surface area contributed by atoms with E-state index in [1.807, 2.05) is 6.07 Å². The molecule has 0 aromatic heterocycles. The van der Waals surface area contributed by atoms with Crippen LogP contribution in [0.2, 0.25) is 5.02 Å². The topological polar surface area (TPSA) is 12.0 Å². The lowest BCUT2D eigenvalue weighted by Crippen LogP contribution is -2.25. The van der Waals surface area contributed by atoms with Gasteiger partial charge in [0.15, 0.2) is 0 Å². The van der Waals surface area contributed by atoms with Crippen LogP contribution in [-0.4, -0.2) is 6.54 Å². The second kappa shape index (κ2) is 3.96. The number of rotatable bonds is 1. The van der Waals surface area contributed by atoms with Crippen molar-refractivity contribution in [3.63, 3.8) is 0 Å². The van der Waals surface area contributed by atoms with E-state index in [1.54, 1.807) is 0 Å². The molecule has 1 aromatic rings. The van der Waals surface area contributed by atoms with Crippen LogP contribution in [0.15, 0.2) is 18.2 Å². The van der Waals surface area contributed by atoms with E-state index >= 15 is 0 Å². The standard InChI is InChI=1S/C14H20ClN/c1-9(14(2,3)4)12-8-16-13-6-5-10(15)7-11(12)13/h5-7,9,12,16H,8H2,1-4H3. The van der Waals surface area contributed by atoms with Gasteiger partial charge in [-0.25, -0.2) is 0 Å². The first-order valence-electron chi connectivity index (χ1n) is 5.93. The molecule has 1 aromatic carbocycles. The van der Waals surface area contributed by atoms with Gasteiger partial charge >= 0.3 is 0 Å². The van der Waals surface area contributed by atoms with Gasteiger partial charge in [0.1, 0.15) is 0 Å². The van der Waals surface area contributed by atoms with Gasteiger partial charge in [-0.1, -0.05) is 39.3 Å². The summed E-state index contributed by atoms with van der Waals surface area (Å²) in [5, 5.41) is 4.31. The Hall–Kier alpha value is -0.690. The number of hydrogen-bond acceptors (Lipinski definition) is 1. The summed E-state index contributed by atoms with van der Waals surface area (Å²) in [5.41, 5.74) is 2.97. The summed E-state index contributed by atoms with van der Waals surface area (Å²) in [5.74, 6) is 1.22. The monoisotopic (exact) mass is 237 g/mol. The quantitative estimate of drug-likeness (QED) is 0.757. The Labute approximate surface area is 103 Å². The zero-order valence-electron chi connectivity index (χ0n) is 10.5. The summed E-state index contributed by atoms with van der Waals surface area (Å²) in [6, 6.07) is 6.16. The van der Waals surface area contributed by atoms with Crippen molar-refractivity contribution < 1.29 is 0 Å². The van der Waals surface area contributed by atoms with Crippen LogP contribution in [0.3, 0.4) is 0 Å². The van der Waals surface area contributed by atoms with Gasteiger partial charge in [-0.2, -0.15) is 0 Å². The van der Waals surface area contributed by atoms with Gasteiger partial charge < -0.3 is 5.32 Å². The largest absolute Gasteiger partial charge is 0.384 e. The lowest BCUT2D eigenvalue weighted by molar-refractivity contribution is 0.228. The van der Waals surface area contributed by atoms with E-state index in [9.17, 15) is 0 Å². The maximum absolute atomic E-state index is 6.08. The molecule has 2 unspecified atom stereocenters. The molecular weight excluding hydrogens is 218 g/mol. The smallest absolute Gasteiger partial charge is 0.0410 e. The molecule has 0 radical (unpaired) electrons. The van der Waals surface area contributed by atoms with E-state index in [0.717, 1.165) is 11.6 Å². The summed E-state index contributed by atoms with van der Waals surface area (Å²) < 4.78 is 0. The minimum absolute atomic E-state index is 0.330. The van der Waals surface area contributed by atoms with Gasteiger partial charge in [-0.05, 0) is 35.1 Å². The fraction of sp³-hybridized carbons (Fsp3) is 0.571. The zero-order valence-corrected chi connectivity index (χ0v) is 11.2. The summed E-state index contributed by atoms with van der Waals surface area (Å²) in [6.45, 7) is 10.3. The normalized spacial score (nSPS) is 21.4. The van der Waals surface area contributed by atoms with E-state index in [4.69, 9.17) is 11.6 Å². The molecule has 0 saturated carbocycles. The lowest BCUT2D eigenvalue weighted by Gasteiger charge is -2.32. The molecule has 0 amide bonds. The third-order valence-electron chi connectivity index (χ3n) is 3.90. The molecule has 2 rings (SSSR count).